The lowest BCUT2D eigenvalue weighted by Crippen LogP contribution is -2.05. The lowest BCUT2D eigenvalue weighted by Gasteiger charge is -2.12. The van der Waals surface area contributed by atoms with Gasteiger partial charge in [-0.15, -0.1) is 0 Å². The minimum atomic E-state index is -0.334. The molecule has 1 aliphatic carbocycles. The van der Waals surface area contributed by atoms with Crippen LogP contribution in [0.5, 0.6) is 5.75 Å². The van der Waals surface area contributed by atoms with E-state index in [-0.39, 0.29) is 6.10 Å². The van der Waals surface area contributed by atoms with E-state index in [1.165, 1.54) is 0 Å². The molecule has 0 fully saturated rings. The Hall–Kier alpha value is -1.81. The summed E-state index contributed by atoms with van der Waals surface area (Å²) in [5, 5.41) is 9.87. The molecular weight excluding hydrogens is 240 g/mol. The van der Waals surface area contributed by atoms with Crippen LogP contribution in [-0.4, -0.2) is 14.7 Å². The molecule has 1 unspecified atom stereocenters. The van der Waals surface area contributed by atoms with Crippen molar-refractivity contribution in [3.05, 3.63) is 47.5 Å². The van der Waals surface area contributed by atoms with Crippen molar-refractivity contribution in [2.45, 2.75) is 39.0 Å². The van der Waals surface area contributed by atoms with Gasteiger partial charge in [-0.3, -0.25) is 0 Å². The van der Waals surface area contributed by atoms with Gasteiger partial charge in [0, 0.05) is 12.1 Å². The van der Waals surface area contributed by atoms with E-state index >= 15 is 0 Å². The molecule has 4 heteroatoms. The third-order valence-corrected chi connectivity index (χ3v) is 3.71. The molecule has 4 nitrogen and oxygen atoms in total. The minimum Gasteiger partial charge on any atom is -0.487 e. The number of ether oxygens (including phenoxy) is 1. The van der Waals surface area contributed by atoms with Crippen molar-refractivity contribution in [3.8, 4) is 5.75 Å². The first-order chi connectivity index (χ1) is 9.29. The summed E-state index contributed by atoms with van der Waals surface area (Å²) in [5.74, 6) is 0.887. The number of aliphatic hydroxyl groups is 1. The molecular formula is C15H18N2O2. The number of aromatic nitrogens is 2. The van der Waals surface area contributed by atoms with Crippen LogP contribution in [0.25, 0.3) is 0 Å². The molecule has 19 heavy (non-hydrogen) atoms. The van der Waals surface area contributed by atoms with Crippen LogP contribution >= 0.6 is 0 Å². The first-order valence-electron chi connectivity index (χ1n) is 6.71. The average molecular weight is 258 g/mol. The molecule has 1 heterocycles. The summed E-state index contributed by atoms with van der Waals surface area (Å²) in [5.41, 5.74) is 3.23. The van der Waals surface area contributed by atoms with Crippen LogP contribution < -0.4 is 4.74 Å². The summed E-state index contributed by atoms with van der Waals surface area (Å²) in [6, 6.07) is 5.90. The Balaban J connectivity index is 1.78. The van der Waals surface area contributed by atoms with E-state index in [1.54, 1.807) is 0 Å². The van der Waals surface area contributed by atoms with Crippen LogP contribution in [0, 0.1) is 0 Å². The van der Waals surface area contributed by atoms with Crippen molar-refractivity contribution in [3.63, 3.8) is 0 Å². The molecule has 0 bridgehead atoms. The molecule has 1 N–H and O–H groups in total. The summed E-state index contributed by atoms with van der Waals surface area (Å²) in [7, 11) is 0. The maximum Gasteiger partial charge on any atom is 0.130 e. The Kier molecular flexibility index (Phi) is 3.25. The smallest absolute Gasteiger partial charge is 0.130 e. The molecule has 3 rings (SSSR count). The molecule has 1 aliphatic rings. The van der Waals surface area contributed by atoms with Gasteiger partial charge in [0.2, 0.25) is 0 Å². The van der Waals surface area contributed by atoms with Gasteiger partial charge in [-0.25, -0.2) is 4.98 Å². The van der Waals surface area contributed by atoms with Gasteiger partial charge in [0.1, 0.15) is 12.4 Å². The summed E-state index contributed by atoms with van der Waals surface area (Å²) in [4.78, 5) is 4.13. The molecule has 0 amide bonds. The SMILES string of the molecule is CCn1cncc1COc1cccc2c1CCC2O. The highest BCUT2D eigenvalue weighted by Crippen LogP contribution is 2.36. The first kappa shape index (κ1) is 12.2. The summed E-state index contributed by atoms with van der Waals surface area (Å²) in [6.07, 6.45) is 5.00. The Bertz CT molecular complexity index is 577. The van der Waals surface area contributed by atoms with Gasteiger partial charge in [-0.1, -0.05) is 12.1 Å². The molecule has 0 aliphatic heterocycles. The topological polar surface area (TPSA) is 47.3 Å². The lowest BCUT2D eigenvalue weighted by atomic mass is 10.1. The number of nitrogens with zero attached hydrogens (tertiary/aromatic N) is 2. The highest BCUT2D eigenvalue weighted by molar-refractivity contribution is 5.44. The Morgan fingerprint density at radius 3 is 3.21 bits per heavy atom. The summed E-state index contributed by atoms with van der Waals surface area (Å²) in [6.45, 7) is 3.49. The molecule has 0 saturated heterocycles. The fraction of sp³-hybridized carbons (Fsp3) is 0.400. The Morgan fingerprint density at radius 2 is 2.37 bits per heavy atom. The number of rotatable bonds is 4. The molecule has 1 atom stereocenters. The molecule has 0 saturated carbocycles. The van der Waals surface area contributed by atoms with E-state index < -0.39 is 0 Å². The first-order valence-corrected chi connectivity index (χ1v) is 6.71. The second-order valence-corrected chi connectivity index (χ2v) is 4.84. The second-order valence-electron chi connectivity index (χ2n) is 4.84. The molecule has 1 aromatic carbocycles. The van der Waals surface area contributed by atoms with Gasteiger partial charge in [-0.2, -0.15) is 0 Å². The lowest BCUT2D eigenvalue weighted by molar-refractivity contribution is 0.180. The normalized spacial score (nSPS) is 17.5. The zero-order valence-corrected chi connectivity index (χ0v) is 11.0. The van der Waals surface area contributed by atoms with E-state index in [0.717, 1.165) is 42.0 Å². The second kappa shape index (κ2) is 5.05. The molecule has 0 spiro atoms. The van der Waals surface area contributed by atoms with Crippen LogP contribution in [-0.2, 0) is 19.6 Å². The largest absolute Gasteiger partial charge is 0.487 e. The van der Waals surface area contributed by atoms with Crippen molar-refractivity contribution >= 4 is 0 Å². The minimum absolute atomic E-state index is 0.334. The van der Waals surface area contributed by atoms with Gasteiger partial charge < -0.3 is 14.4 Å². The van der Waals surface area contributed by atoms with Crippen molar-refractivity contribution in [1.82, 2.24) is 9.55 Å². The summed E-state index contributed by atoms with van der Waals surface area (Å²) >= 11 is 0. The fourth-order valence-electron chi connectivity index (χ4n) is 2.64. The Labute approximate surface area is 112 Å². The van der Waals surface area contributed by atoms with Crippen LogP contribution in [0.15, 0.2) is 30.7 Å². The van der Waals surface area contributed by atoms with E-state index in [1.807, 2.05) is 30.7 Å². The van der Waals surface area contributed by atoms with E-state index in [4.69, 9.17) is 4.74 Å². The fourth-order valence-corrected chi connectivity index (χ4v) is 2.64. The molecule has 100 valence electrons. The van der Waals surface area contributed by atoms with Crippen LogP contribution in [0.3, 0.4) is 0 Å². The van der Waals surface area contributed by atoms with Crippen LogP contribution in [0.1, 0.15) is 36.3 Å². The highest BCUT2D eigenvalue weighted by atomic mass is 16.5. The van der Waals surface area contributed by atoms with Crippen LogP contribution in [0.4, 0.5) is 0 Å². The standard InChI is InChI=1S/C15H18N2O2/c1-2-17-10-16-8-11(17)9-19-15-5-3-4-12-13(15)6-7-14(12)18/h3-5,8,10,14,18H,2,6-7,9H2,1H3. The van der Waals surface area contributed by atoms with Gasteiger partial charge >= 0.3 is 0 Å². The number of hydrogen-bond donors (Lipinski definition) is 1. The van der Waals surface area contributed by atoms with Gasteiger partial charge in [0.25, 0.3) is 0 Å². The van der Waals surface area contributed by atoms with E-state index in [2.05, 4.69) is 16.5 Å². The summed E-state index contributed by atoms with van der Waals surface area (Å²) < 4.78 is 7.98. The predicted molar refractivity (Wildman–Crippen MR) is 72.0 cm³/mol. The number of aryl methyl sites for hydroxylation is 1. The maximum absolute atomic E-state index is 9.87. The number of benzene rings is 1. The van der Waals surface area contributed by atoms with Gasteiger partial charge in [0.05, 0.1) is 24.3 Å². The van der Waals surface area contributed by atoms with Crippen molar-refractivity contribution in [1.29, 1.82) is 0 Å². The van der Waals surface area contributed by atoms with E-state index in [9.17, 15) is 5.11 Å². The maximum atomic E-state index is 9.87. The number of fused-ring (bicyclic) bond motifs is 1. The quantitative estimate of drug-likeness (QED) is 0.916. The zero-order valence-electron chi connectivity index (χ0n) is 11.0. The van der Waals surface area contributed by atoms with Gasteiger partial charge in [-0.05, 0) is 31.4 Å². The number of aliphatic hydroxyl groups excluding tert-OH is 1. The third-order valence-electron chi connectivity index (χ3n) is 3.71. The van der Waals surface area contributed by atoms with Gasteiger partial charge in [0.15, 0.2) is 0 Å². The Morgan fingerprint density at radius 1 is 1.47 bits per heavy atom. The zero-order chi connectivity index (χ0) is 13.2. The molecule has 0 radical (unpaired) electrons. The van der Waals surface area contributed by atoms with Crippen molar-refractivity contribution in [2.24, 2.45) is 0 Å². The molecule has 2 aromatic rings. The number of hydrogen-bond acceptors (Lipinski definition) is 3. The number of imidazole rings is 1. The van der Waals surface area contributed by atoms with Crippen molar-refractivity contribution in [2.75, 3.05) is 0 Å². The molecule has 1 aromatic heterocycles. The third kappa shape index (κ3) is 2.24. The van der Waals surface area contributed by atoms with Crippen molar-refractivity contribution < 1.29 is 9.84 Å². The van der Waals surface area contributed by atoms with Crippen LogP contribution in [0.2, 0.25) is 0 Å². The van der Waals surface area contributed by atoms with E-state index in [0.29, 0.717) is 6.61 Å². The monoisotopic (exact) mass is 258 g/mol. The predicted octanol–water partition coefficient (Wildman–Crippen LogP) is 2.46. The highest BCUT2D eigenvalue weighted by Gasteiger charge is 2.23. The average Bonchev–Trinajstić information content (AvgIpc) is 3.03.